The van der Waals surface area contributed by atoms with Crippen LogP contribution in [0.5, 0.6) is 0 Å². The molecule has 1 nitrogen and oxygen atoms in total. The van der Waals surface area contributed by atoms with E-state index in [9.17, 15) is 0 Å². The zero-order valence-electron chi connectivity index (χ0n) is 5.11. The summed E-state index contributed by atoms with van der Waals surface area (Å²) in [5.41, 5.74) is 0. The van der Waals surface area contributed by atoms with Crippen LogP contribution in [0.2, 0.25) is 0 Å². The Labute approximate surface area is 55.0 Å². The lowest BCUT2D eigenvalue weighted by molar-refractivity contribution is -0.0167. The third-order valence-electron chi connectivity index (χ3n) is 1.42. The first-order chi connectivity index (χ1) is 3.77. The molecule has 0 atom stereocenters. The van der Waals surface area contributed by atoms with E-state index in [0.29, 0.717) is 0 Å². The molecular formula is C6H11ClO. The summed E-state index contributed by atoms with van der Waals surface area (Å²) >= 11 is 5.98. The van der Waals surface area contributed by atoms with Crippen LogP contribution in [0.4, 0.5) is 0 Å². The molecule has 0 aliphatic carbocycles. The minimum atomic E-state index is 0.0226. The predicted molar refractivity (Wildman–Crippen MR) is 34.3 cm³/mol. The highest BCUT2D eigenvalue weighted by Crippen LogP contribution is 2.29. The standard InChI is InChI=1S/C6H11ClO/c1-2-3-6(7)4-8-5-6/h2-5H2,1H3. The Bertz CT molecular complexity index is 78.6. The molecule has 0 aromatic heterocycles. The normalized spacial score (nSPS) is 24.8. The second-order valence-electron chi connectivity index (χ2n) is 2.39. The lowest BCUT2D eigenvalue weighted by atomic mass is 10.0. The number of hydrogen-bond donors (Lipinski definition) is 0. The Balaban J connectivity index is 2.20. The maximum atomic E-state index is 5.98. The topological polar surface area (TPSA) is 9.23 Å². The molecule has 0 bridgehead atoms. The SMILES string of the molecule is CCCC1(Cl)COC1. The summed E-state index contributed by atoms with van der Waals surface area (Å²) in [7, 11) is 0. The Morgan fingerprint density at radius 3 is 2.38 bits per heavy atom. The molecule has 0 radical (unpaired) electrons. The predicted octanol–water partition coefficient (Wildman–Crippen LogP) is 1.79. The molecule has 0 spiro atoms. The summed E-state index contributed by atoms with van der Waals surface area (Å²) in [6.07, 6.45) is 2.25. The second-order valence-corrected chi connectivity index (χ2v) is 3.20. The Morgan fingerprint density at radius 2 is 2.25 bits per heavy atom. The zero-order chi connectivity index (χ0) is 6.04. The van der Waals surface area contributed by atoms with Crippen LogP contribution in [0.25, 0.3) is 0 Å². The summed E-state index contributed by atoms with van der Waals surface area (Å²) in [6, 6.07) is 0. The van der Waals surface area contributed by atoms with Crippen molar-refractivity contribution in [2.45, 2.75) is 24.6 Å². The van der Waals surface area contributed by atoms with Gasteiger partial charge in [0.15, 0.2) is 0 Å². The highest BCUT2D eigenvalue weighted by atomic mass is 35.5. The molecule has 0 saturated carbocycles. The van der Waals surface area contributed by atoms with E-state index in [1.54, 1.807) is 0 Å². The maximum absolute atomic E-state index is 5.98. The van der Waals surface area contributed by atoms with Crippen LogP contribution >= 0.6 is 11.6 Å². The molecule has 1 fully saturated rings. The molecule has 1 rings (SSSR count). The molecule has 0 aromatic carbocycles. The molecular weight excluding hydrogens is 124 g/mol. The van der Waals surface area contributed by atoms with Gasteiger partial charge >= 0.3 is 0 Å². The van der Waals surface area contributed by atoms with Gasteiger partial charge in [0.1, 0.15) is 0 Å². The van der Waals surface area contributed by atoms with Gasteiger partial charge in [-0.15, -0.1) is 11.6 Å². The monoisotopic (exact) mass is 134 g/mol. The fourth-order valence-electron chi connectivity index (χ4n) is 0.916. The van der Waals surface area contributed by atoms with E-state index >= 15 is 0 Å². The van der Waals surface area contributed by atoms with Crippen LogP contribution in [0.1, 0.15) is 19.8 Å². The Morgan fingerprint density at radius 1 is 1.62 bits per heavy atom. The fourth-order valence-corrected chi connectivity index (χ4v) is 1.26. The quantitative estimate of drug-likeness (QED) is 0.524. The molecule has 0 aromatic rings. The van der Waals surface area contributed by atoms with Crippen molar-refractivity contribution in [1.82, 2.24) is 0 Å². The van der Waals surface area contributed by atoms with Crippen LogP contribution in [0.3, 0.4) is 0 Å². The maximum Gasteiger partial charge on any atom is 0.0911 e. The molecule has 1 saturated heterocycles. The van der Waals surface area contributed by atoms with Crippen LogP contribution in [-0.2, 0) is 4.74 Å². The highest BCUT2D eigenvalue weighted by Gasteiger charge is 2.34. The van der Waals surface area contributed by atoms with Crippen LogP contribution in [0, 0.1) is 0 Å². The van der Waals surface area contributed by atoms with Gasteiger partial charge in [-0.3, -0.25) is 0 Å². The Kier molecular flexibility index (Phi) is 1.78. The molecule has 0 unspecified atom stereocenters. The van der Waals surface area contributed by atoms with Gasteiger partial charge in [0.2, 0.25) is 0 Å². The molecule has 8 heavy (non-hydrogen) atoms. The van der Waals surface area contributed by atoms with Crippen molar-refractivity contribution in [1.29, 1.82) is 0 Å². The smallest absolute Gasteiger partial charge is 0.0911 e. The van der Waals surface area contributed by atoms with Crippen LogP contribution < -0.4 is 0 Å². The third kappa shape index (κ3) is 1.15. The molecule has 1 aliphatic rings. The summed E-state index contributed by atoms with van der Waals surface area (Å²) in [4.78, 5) is 0.0226. The number of hydrogen-bond acceptors (Lipinski definition) is 1. The van der Waals surface area contributed by atoms with Crippen molar-refractivity contribution in [2.75, 3.05) is 13.2 Å². The Hall–Kier alpha value is 0.250. The van der Waals surface area contributed by atoms with Gasteiger partial charge in [0, 0.05) is 0 Å². The number of ether oxygens (including phenoxy) is 1. The van der Waals surface area contributed by atoms with E-state index in [-0.39, 0.29) is 4.87 Å². The van der Waals surface area contributed by atoms with E-state index in [1.807, 2.05) is 0 Å². The average molecular weight is 135 g/mol. The van der Waals surface area contributed by atoms with Gasteiger partial charge in [-0.1, -0.05) is 13.3 Å². The van der Waals surface area contributed by atoms with Crippen molar-refractivity contribution in [3.05, 3.63) is 0 Å². The van der Waals surface area contributed by atoms with Gasteiger partial charge in [-0.2, -0.15) is 0 Å². The lowest BCUT2D eigenvalue weighted by Crippen LogP contribution is -2.43. The fraction of sp³-hybridized carbons (Fsp3) is 1.00. The van der Waals surface area contributed by atoms with E-state index < -0.39 is 0 Å². The summed E-state index contributed by atoms with van der Waals surface area (Å²) in [5.74, 6) is 0. The van der Waals surface area contributed by atoms with Gasteiger partial charge in [0.25, 0.3) is 0 Å². The molecule has 1 heterocycles. The second kappa shape index (κ2) is 2.24. The van der Waals surface area contributed by atoms with E-state index in [1.165, 1.54) is 0 Å². The number of halogens is 1. The third-order valence-corrected chi connectivity index (χ3v) is 1.83. The van der Waals surface area contributed by atoms with Crippen molar-refractivity contribution in [3.63, 3.8) is 0 Å². The first-order valence-corrected chi connectivity index (χ1v) is 3.41. The largest absolute Gasteiger partial charge is 0.378 e. The van der Waals surface area contributed by atoms with Gasteiger partial charge < -0.3 is 4.74 Å². The molecule has 0 amide bonds. The molecule has 2 heteroatoms. The van der Waals surface area contributed by atoms with Gasteiger partial charge in [-0.05, 0) is 6.42 Å². The van der Waals surface area contributed by atoms with Gasteiger partial charge in [-0.25, -0.2) is 0 Å². The van der Waals surface area contributed by atoms with Crippen molar-refractivity contribution < 1.29 is 4.74 Å². The van der Waals surface area contributed by atoms with E-state index in [0.717, 1.165) is 26.1 Å². The number of rotatable bonds is 2. The lowest BCUT2D eigenvalue weighted by Gasteiger charge is -2.35. The van der Waals surface area contributed by atoms with Crippen molar-refractivity contribution in [2.24, 2.45) is 0 Å². The van der Waals surface area contributed by atoms with Crippen molar-refractivity contribution in [3.8, 4) is 0 Å². The minimum absolute atomic E-state index is 0.0226. The molecule has 48 valence electrons. The van der Waals surface area contributed by atoms with Crippen molar-refractivity contribution >= 4 is 11.6 Å². The van der Waals surface area contributed by atoms with E-state index in [2.05, 4.69) is 6.92 Å². The minimum Gasteiger partial charge on any atom is -0.378 e. The summed E-state index contributed by atoms with van der Waals surface area (Å²) < 4.78 is 4.96. The van der Waals surface area contributed by atoms with Crippen LogP contribution in [0.15, 0.2) is 0 Å². The molecule has 0 N–H and O–H groups in total. The zero-order valence-corrected chi connectivity index (χ0v) is 5.87. The first-order valence-electron chi connectivity index (χ1n) is 3.03. The van der Waals surface area contributed by atoms with Crippen LogP contribution in [-0.4, -0.2) is 18.1 Å². The van der Waals surface area contributed by atoms with E-state index in [4.69, 9.17) is 16.3 Å². The highest BCUT2D eigenvalue weighted by molar-refractivity contribution is 6.24. The average Bonchev–Trinajstić information content (AvgIpc) is 1.64. The van der Waals surface area contributed by atoms with Gasteiger partial charge in [0.05, 0.1) is 18.1 Å². The first kappa shape index (κ1) is 6.37. The summed E-state index contributed by atoms with van der Waals surface area (Å²) in [6.45, 7) is 3.65. The number of alkyl halides is 1. The summed E-state index contributed by atoms with van der Waals surface area (Å²) in [5, 5.41) is 0. The molecule has 1 aliphatic heterocycles.